The molecule has 2 aromatic rings. The van der Waals surface area contributed by atoms with Crippen molar-refractivity contribution in [2.24, 2.45) is 5.92 Å². The number of halogens is 4. The molecule has 2 saturated heterocycles. The van der Waals surface area contributed by atoms with Crippen LogP contribution in [0, 0.1) is 17.8 Å². The summed E-state index contributed by atoms with van der Waals surface area (Å²) >= 11 is 0. The Labute approximate surface area is 194 Å². The molecule has 0 aliphatic carbocycles. The largest absolute Gasteiger partial charge is 0.393 e. The fourth-order valence-electron chi connectivity index (χ4n) is 4.26. The number of carbonyl (C=O) groups is 1. The van der Waals surface area contributed by atoms with Gasteiger partial charge in [0, 0.05) is 25.3 Å². The van der Waals surface area contributed by atoms with Gasteiger partial charge in [-0.25, -0.2) is 8.91 Å². The number of hydrogen-bond donors (Lipinski definition) is 2. The van der Waals surface area contributed by atoms with Gasteiger partial charge in [0.1, 0.15) is 17.7 Å². The van der Waals surface area contributed by atoms with Gasteiger partial charge in [-0.1, -0.05) is 12.0 Å². The maximum absolute atomic E-state index is 14.5. The van der Waals surface area contributed by atoms with Crippen LogP contribution in [0.15, 0.2) is 18.2 Å². The van der Waals surface area contributed by atoms with Crippen molar-refractivity contribution in [1.82, 2.24) is 19.8 Å². The summed E-state index contributed by atoms with van der Waals surface area (Å²) in [7, 11) is 1.84. The number of piperidine rings is 1. The molecule has 2 aliphatic rings. The molecule has 0 unspecified atom stereocenters. The topological polar surface area (TPSA) is 70.9 Å². The highest BCUT2D eigenvalue weighted by molar-refractivity contribution is 5.79. The second-order valence-electron chi connectivity index (χ2n) is 8.73. The molecule has 7 nitrogen and oxygen atoms in total. The molecule has 3 atom stereocenters. The number of carbonyl (C=O) groups excluding carboxylic acids is 1. The summed E-state index contributed by atoms with van der Waals surface area (Å²) in [5.41, 5.74) is 0.173. The van der Waals surface area contributed by atoms with Gasteiger partial charge in [-0.3, -0.25) is 4.79 Å². The maximum Gasteiger partial charge on any atom is 0.393 e. The third kappa shape index (κ3) is 5.80. The molecule has 0 radical (unpaired) electrons. The van der Waals surface area contributed by atoms with Crippen molar-refractivity contribution in [2.45, 2.75) is 37.7 Å². The third-order valence-corrected chi connectivity index (χ3v) is 6.07. The highest BCUT2D eigenvalue weighted by Gasteiger charge is 2.32. The molecule has 0 bridgehead atoms. The maximum atomic E-state index is 14.5. The summed E-state index contributed by atoms with van der Waals surface area (Å²) in [6.07, 6.45) is -5.59. The number of alkyl halides is 4. The van der Waals surface area contributed by atoms with Crippen LogP contribution in [0.2, 0.25) is 0 Å². The van der Waals surface area contributed by atoms with Crippen molar-refractivity contribution in [1.29, 1.82) is 0 Å². The van der Waals surface area contributed by atoms with Crippen LogP contribution in [0.5, 0.6) is 0 Å². The van der Waals surface area contributed by atoms with Gasteiger partial charge in [0.05, 0.1) is 37.0 Å². The Morgan fingerprint density at radius 2 is 2.15 bits per heavy atom. The molecular formula is C23H27F4N5O2. The quantitative estimate of drug-likeness (QED) is 0.507. The predicted molar refractivity (Wildman–Crippen MR) is 118 cm³/mol. The van der Waals surface area contributed by atoms with Crippen molar-refractivity contribution in [2.75, 3.05) is 45.2 Å². The number of amides is 1. The molecular weight excluding hydrogens is 454 g/mol. The lowest BCUT2D eigenvalue weighted by molar-refractivity contribution is -0.127. The summed E-state index contributed by atoms with van der Waals surface area (Å²) in [4.78, 5) is 14.0. The van der Waals surface area contributed by atoms with E-state index in [1.807, 2.05) is 11.9 Å². The lowest BCUT2D eigenvalue weighted by Gasteiger charge is -2.33. The van der Waals surface area contributed by atoms with E-state index in [9.17, 15) is 22.4 Å². The van der Waals surface area contributed by atoms with Crippen LogP contribution in [-0.4, -0.2) is 78.7 Å². The zero-order valence-electron chi connectivity index (χ0n) is 18.8. The molecule has 4 rings (SSSR count). The molecule has 184 valence electrons. The number of nitrogens with one attached hydrogen (secondary N) is 2. The average Bonchev–Trinajstić information content (AvgIpc) is 3.42. The van der Waals surface area contributed by atoms with Crippen LogP contribution in [0.1, 0.15) is 24.1 Å². The standard InChI is InChI=1S/C23H27F4N5O2/c1-31-10-7-19(17(24)13-31)29-21-6-2-5-20-16(12-23(25,26)27)18(30-32(20)21)4-3-9-28-22(33)15-8-11-34-14-15/h2,5-6,15,17,19,29H,7-14H2,1H3,(H,28,33)/t15-,17+,19-/m1/s1. The van der Waals surface area contributed by atoms with Crippen LogP contribution in [0.3, 0.4) is 0 Å². The number of ether oxygens (including phenoxy) is 1. The molecule has 0 aromatic carbocycles. The number of fused-ring (bicyclic) bond motifs is 1. The molecule has 2 aromatic heterocycles. The molecule has 2 fully saturated rings. The number of pyridine rings is 1. The molecule has 34 heavy (non-hydrogen) atoms. The first-order valence-corrected chi connectivity index (χ1v) is 11.2. The molecule has 11 heteroatoms. The number of anilines is 1. The Bertz CT molecular complexity index is 1080. The monoisotopic (exact) mass is 481 g/mol. The lowest BCUT2D eigenvalue weighted by Crippen LogP contribution is -2.46. The average molecular weight is 481 g/mol. The van der Waals surface area contributed by atoms with Crippen molar-refractivity contribution in [3.63, 3.8) is 0 Å². The first-order chi connectivity index (χ1) is 16.2. The molecule has 0 saturated carbocycles. The SMILES string of the molecule is CN1CC[C@@H](Nc2cccc3c(CC(F)(F)F)c(C#CCNC(=O)[C@@H]4CCOC4)nn23)[C@@H](F)C1. The summed E-state index contributed by atoms with van der Waals surface area (Å²) in [5.74, 6) is 5.36. The van der Waals surface area contributed by atoms with E-state index in [0.717, 1.165) is 0 Å². The van der Waals surface area contributed by atoms with E-state index < -0.39 is 24.8 Å². The van der Waals surface area contributed by atoms with Crippen molar-refractivity contribution < 1.29 is 27.1 Å². The normalized spacial score (nSPS) is 23.5. The molecule has 2 N–H and O–H groups in total. The third-order valence-electron chi connectivity index (χ3n) is 6.07. The van der Waals surface area contributed by atoms with E-state index in [0.29, 0.717) is 38.4 Å². The molecule has 1 amide bonds. The van der Waals surface area contributed by atoms with Gasteiger partial charge in [-0.2, -0.15) is 18.3 Å². The fourth-order valence-corrected chi connectivity index (χ4v) is 4.26. The van der Waals surface area contributed by atoms with Crippen LogP contribution < -0.4 is 10.6 Å². The van der Waals surface area contributed by atoms with Gasteiger partial charge in [0.2, 0.25) is 5.91 Å². The Morgan fingerprint density at radius 1 is 1.32 bits per heavy atom. The van der Waals surface area contributed by atoms with Crippen molar-refractivity contribution in [3.8, 4) is 11.8 Å². The second-order valence-corrected chi connectivity index (χ2v) is 8.73. The molecule has 0 spiro atoms. The van der Waals surface area contributed by atoms with Crippen LogP contribution in [0.4, 0.5) is 23.4 Å². The van der Waals surface area contributed by atoms with Crippen LogP contribution >= 0.6 is 0 Å². The van der Waals surface area contributed by atoms with Crippen LogP contribution in [0.25, 0.3) is 5.52 Å². The van der Waals surface area contributed by atoms with E-state index >= 15 is 0 Å². The predicted octanol–water partition coefficient (Wildman–Crippen LogP) is 2.40. The van der Waals surface area contributed by atoms with Crippen LogP contribution in [-0.2, 0) is 16.0 Å². The lowest BCUT2D eigenvalue weighted by atomic mass is 10.0. The Hall–Kier alpha value is -2.84. The highest BCUT2D eigenvalue weighted by Crippen LogP contribution is 2.28. The van der Waals surface area contributed by atoms with E-state index in [2.05, 4.69) is 27.6 Å². The minimum Gasteiger partial charge on any atom is -0.381 e. The molecule has 4 heterocycles. The Balaban J connectivity index is 1.57. The Morgan fingerprint density at radius 3 is 2.85 bits per heavy atom. The number of rotatable bonds is 5. The minimum absolute atomic E-state index is 0.0150. The summed E-state index contributed by atoms with van der Waals surface area (Å²) in [5, 5.41) is 10.1. The second kappa shape index (κ2) is 10.2. The minimum atomic E-state index is -4.46. The van der Waals surface area contributed by atoms with Gasteiger partial charge in [0.15, 0.2) is 0 Å². The molecule has 2 aliphatic heterocycles. The highest BCUT2D eigenvalue weighted by atomic mass is 19.4. The number of nitrogens with zero attached hydrogens (tertiary/aromatic N) is 3. The zero-order chi connectivity index (χ0) is 24.3. The number of aromatic nitrogens is 2. The van der Waals surface area contributed by atoms with Crippen molar-refractivity contribution >= 4 is 17.2 Å². The summed E-state index contributed by atoms with van der Waals surface area (Å²) in [6, 6.07) is 4.33. The smallest absolute Gasteiger partial charge is 0.381 e. The number of hydrogen-bond acceptors (Lipinski definition) is 5. The van der Waals surface area contributed by atoms with E-state index in [1.165, 1.54) is 10.6 Å². The zero-order valence-corrected chi connectivity index (χ0v) is 18.8. The van der Waals surface area contributed by atoms with Gasteiger partial charge in [-0.05, 0) is 37.9 Å². The van der Waals surface area contributed by atoms with E-state index in [-0.39, 0.29) is 41.7 Å². The first kappa shape index (κ1) is 24.3. The van der Waals surface area contributed by atoms with Crippen molar-refractivity contribution in [3.05, 3.63) is 29.5 Å². The van der Waals surface area contributed by atoms with Gasteiger partial charge >= 0.3 is 6.18 Å². The van der Waals surface area contributed by atoms with Gasteiger partial charge in [0.25, 0.3) is 0 Å². The van der Waals surface area contributed by atoms with E-state index in [1.54, 1.807) is 12.1 Å². The summed E-state index contributed by atoms with van der Waals surface area (Å²) < 4.78 is 61.1. The first-order valence-electron chi connectivity index (χ1n) is 11.2. The Kier molecular flexibility index (Phi) is 7.28. The fraction of sp³-hybridized carbons (Fsp3) is 0.565. The number of likely N-dealkylation sites (tertiary alicyclic amines) is 1. The van der Waals surface area contributed by atoms with Gasteiger partial charge in [-0.15, -0.1) is 0 Å². The summed E-state index contributed by atoms with van der Waals surface area (Å²) in [6.45, 7) is 1.86. The van der Waals surface area contributed by atoms with Gasteiger partial charge < -0.3 is 20.3 Å². The van der Waals surface area contributed by atoms with E-state index in [4.69, 9.17) is 4.74 Å².